The van der Waals surface area contributed by atoms with Gasteiger partial charge in [0.2, 0.25) is 0 Å². The van der Waals surface area contributed by atoms with Crippen molar-refractivity contribution < 1.29 is 5.11 Å². The second kappa shape index (κ2) is 4.04. The van der Waals surface area contributed by atoms with Crippen LogP contribution in [0.15, 0.2) is 12.4 Å². The van der Waals surface area contributed by atoms with Crippen LogP contribution >= 0.6 is 22.9 Å². The fraction of sp³-hybridized carbons (Fsp3) is 0.286. The third kappa shape index (κ3) is 2.09. The molecule has 0 aromatic carbocycles. The zero-order valence-corrected chi connectivity index (χ0v) is 8.66. The molecule has 1 N–H and O–H groups in total. The fourth-order valence-corrected chi connectivity index (χ4v) is 1.97. The van der Waals surface area contributed by atoms with Crippen molar-refractivity contribution in [3.05, 3.63) is 27.4 Å². The van der Waals surface area contributed by atoms with Crippen LogP contribution in [-0.4, -0.2) is 25.1 Å². The molecule has 5 nitrogen and oxygen atoms in total. The summed E-state index contributed by atoms with van der Waals surface area (Å²) in [4.78, 5) is 4.92. The van der Waals surface area contributed by atoms with E-state index in [1.54, 1.807) is 17.1 Å². The van der Waals surface area contributed by atoms with E-state index < -0.39 is 0 Å². The molecule has 2 rings (SSSR count). The van der Waals surface area contributed by atoms with E-state index in [1.807, 2.05) is 0 Å². The van der Waals surface area contributed by atoms with E-state index in [4.69, 9.17) is 16.7 Å². The molecule has 0 fully saturated rings. The molecule has 0 saturated carbocycles. The van der Waals surface area contributed by atoms with Crippen LogP contribution in [0.1, 0.15) is 10.6 Å². The Hall–Kier alpha value is -0.980. The molecule has 0 atom stereocenters. The lowest BCUT2D eigenvalue weighted by Gasteiger charge is -1.93. The Morgan fingerprint density at radius 3 is 3.00 bits per heavy atom. The summed E-state index contributed by atoms with van der Waals surface area (Å²) >= 11 is 7.08. The van der Waals surface area contributed by atoms with Crippen molar-refractivity contribution in [1.82, 2.24) is 20.0 Å². The van der Waals surface area contributed by atoms with E-state index in [9.17, 15) is 0 Å². The van der Waals surface area contributed by atoms with E-state index in [2.05, 4.69) is 15.3 Å². The molecule has 2 aromatic rings. The third-order valence-electron chi connectivity index (χ3n) is 1.59. The molecule has 0 radical (unpaired) electrons. The largest absolute Gasteiger partial charge is 0.390 e. The van der Waals surface area contributed by atoms with Gasteiger partial charge in [-0.3, -0.25) is 0 Å². The fourth-order valence-electron chi connectivity index (χ4n) is 1.00. The third-order valence-corrected chi connectivity index (χ3v) is 2.69. The van der Waals surface area contributed by atoms with Gasteiger partial charge in [0.25, 0.3) is 0 Å². The lowest BCUT2D eigenvalue weighted by atomic mass is 10.5. The average molecular weight is 231 g/mol. The van der Waals surface area contributed by atoms with Crippen LogP contribution < -0.4 is 0 Å². The zero-order valence-electron chi connectivity index (χ0n) is 7.09. The molecule has 0 aliphatic heterocycles. The quantitative estimate of drug-likeness (QED) is 0.852. The molecular weight excluding hydrogens is 224 g/mol. The number of thiazole rings is 1. The zero-order chi connectivity index (χ0) is 9.97. The summed E-state index contributed by atoms with van der Waals surface area (Å²) in [5.74, 6) is 0. The Bertz CT molecular complexity index is 427. The van der Waals surface area contributed by atoms with Gasteiger partial charge in [0.1, 0.15) is 5.69 Å². The molecule has 74 valence electrons. The number of aliphatic hydroxyl groups is 1. The van der Waals surface area contributed by atoms with Gasteiger partial charge in [-0.25, -0.2) is 9.67 Å². The van der Waals surface area contributed by atoms with Gasteiger partial charge in [0.15, 0.2) is 4.47 Å². The highest BCUT2D eigenvalue weighted by Crippen LogP contribution is 2.18. The van der Waals surface area contributed by atoms with E-state index >= 15 is 0 Å². The number of rotatable bonds is 3. The standard InChI is InChI=1S/C7H7ClN4OS/c8-7-9-1-6(14-7)3-12-2-5(4-13)10-11-12/h1-2,13H,3-4H2. The first-order chi connectivity index (χ1) is 6.78. The van der Waals surface area contributed by atoms with Crippen molar-refractivity contribution in [1.29, 1.82) is 0 Å². The van der Waals surface area contributed by atoms with E-state index in [1.165, 1.54) is 11.3 Å². The SMILES string of the molecule is OCc1cn(Cc2cnc(Cl)s2)nn1. The minimum Gasteiger partial charge on any atom is -0.390 e. The topological polar surface area (TPSA) is 63.8 Å². The Labute approximate surface area is 89.0 Å². The highest BCUT2D eigenvalue weighted by Gasteiger charge is 2.03. The average Bonchev–Trinajstić information content (AvgIpc) is 2.76. The summed E-state index contributed by atoms with van der Waals surface area (Å²) in [6.07, 6.45) is 3.39. The lowest BCUT2D eigenvalue weighted by Crippen LogP contribution is -1.98. The van der Waals surface area contributed by atoms with Gasteiger partial charge in [-0.05, 0) is 0 Å². The Morgan fingerprint density at radius 2 is 2.43 bits per heavy atom. The number of halogens is 1. The Kier molecular flexibility index (Phi) is 2.76. The summed E-state index contributed by atoms with van der Waals surface area (Å²) < 4.78 is 2.15. The van der Waals surface area contributed by atoms with Crippen LogP contribution in [0, 0.1) is 0 Å². The number of nitrogens with zero attached hydrogens (tertiary/aromatic N) is 4. The number of hydrogen-bond donors (Lipinski definition) is 1. The first-order valence-electron chi connectivity index (χ1n) is 3.88. The van der Waals surface area contributed by atoms with Crippen molar-refractivity contribution >= 4 is 22.9 Å². The van der Waals surface area contributed by atoms with Crippen molar-refractivity contribution in [3.63, 3.8) is 0 Å². The Balaban J connectivity index is 2.10. The van der Waals surface area contributed by atoms with Gasteiger partial charge in [-0.2, -0.15) is 0 Å². The predicted octanol–water partition coefficient (Wildman–Crippen LogP) is 0.929. The first kappa shape index (κ1) is 9.57. The van der Waals surface area contributed by atoms with Crippen LogP contribution in [-0.2, 0) is 13.2 Å². The molecule has 0 bridgehead atoms. The summed E-state index contributed by atoms with van der Waals surface area (Å²) in [5.41, 5.74) is 0.556. The highest BCUT2D eigenvalue weighted by molar-refractivity contribution is 7.15. The molecule has 0 saturated heterocycles. The molecule has 0 aliphatic rings. The predicted molar refractivity (Wildman–Crippen MR) is 52.2 cm³/mol. The maximum atomic E-state index is 8.77. The van der Waals surface area contributed by atoms with Gasteiger partial charge in [-0.15, -0.1) is 16.4 Å². The number of aromatic nitrogens is 4. The smallest absolute Gasteiger partial charge is 0.183 e. The molecule has 7 heteroatoms. The summed E-state index contributed by atoms with van der Waals surface area (Å²) in [7, 11) is 0. The summed E-state index contributed by atoms with van der Waals surface area (Å²) in [5, 5.41) is 16.4. The van der Waals surface area contributed by atoms with Crippen LogP contribution in [0.5, 0.6) is 0 Å². The molecular formula is C7H7ClN4OS. The highest BCUT2D eigenvalue weighted by atomic mass is 35.5. The van der Waals surface area contributed by atoms with E-state index in [0.29, 0.717) is 16.7 Å². The maximum Gasteiger partial charge on any atom is 0.183 e. The molecule has 0 amide bonds. The first-order valence-corrected chi connectivity index (χ1v) is 5.07. The molecule has 14 heavy (non-hydrogen) atoms. The normalized spacial score (nSPS) is 10.7. The number of aliphatic hydroxyl groups excluding tert-OH is 1. The summed E-state index contributed by atoms with van der Waals surface area (Å²) in [6, 6.07) is 0. The number of hydrogen-bond acceptors (Lipinski definition) is 5. The van der Waals surface area contributed by atoms with Crippen molar-refractivity contribution in [2.24, 2.45) is 0 Å². The molecule has 0 spiro atoms. The van der Waals surface area contributed by atoms with E-state index in [0.717, 1.165) is 4.88 Å². The minimum atomic E-state index is -0.0938. The Morgan fingerprint density at radius 1 is 1.57 bits per heavy atom. The molecule has 0 aliphatic carbocycles. The van der Waals surface area contributed by atoms with Gasteiger partial charge in [-0.1, -0.05) is 16.8 Å². The van der Waals surface area contributed by atoms with Crippen molar-refractivity contribution in [2.45, 2.75) is 13.2 Å². The second-order valence-electron chi connectivity index (χ2n) is 2.65. The minimum absolute atomic E-state index is 0.0938. The van der Waals surface area contributed by atoms with Crippen LogP contribution in [0.25, 0.3) is 0 Å². The van der Waals surface area contributed by atoms with Gasteiger partial charge >= 0.3 is 0 Å². The van der Waals surface area contributed by atoms with Crippen LogP contribution in [0.3, 0.4) is 0 Å². The van der Waals surface area contributed by atoms with Gasteiger partial charge in [0.05, 0.1) is 19.3 Å². The van der Waals surface area contributed by atoms with Gasteiger partial charge < -0.3 is 5.11 Å². The molecule has 0 unspecified atom stereocenters. The second-order valence-corrected chi connectivity index (χ2v) is 4.34. The van der Waals surface area contributed by atoms with Crippen molar-refractivity contribution in [3.8, 4) is 0 Å². The maximum absolute atomic E-state index is 8.77. The summed E-state index contributed by atoms with van der Waals surface area (Å²) in [6.45, 7) is 0.487. The monoisotopic (exact) mass is 230 g/mol. The molecule has 2 aromatic heterocycles. The van der Waals surface area contributed by atoms with Gasteiger partial charge in [0, 0.05) is 11.1 Å². The van der Waals surface area contributed by atoms with Crippen LogP contribution in [0.2, 0.25) is 4.47 Å². The van der Waals surface area contributed by atoms with Crippen LogP contribution in [0.4, 0.5) is 0 Å². The van der Waals surface area contributed by atoms with E-state index in [-0.39, 0.29) is 6.61 Å². The van der Waals surface area contributed by atoms with Crippen molar-refractivity contribution in [2.75, 3.05) is 0 Å². The lowest BCUT2D eigenvalue weighted by molar-refractivity contribution is 0.276. The molecule has 2 heterocycles.